The second-order valence-electron chi connectivity index (χ2n) is 5.05. The number of pyridine rings is 1. The number of halogens is 1. The first-order valence-corrected chi connectivity index (χ1v) is 7.03. The highest BCUT2D eigenvalue weighted by molar-refractivity contribution is 5.30. The summed E-state index contributed by atoms with van der Waals surface area (Å²) >= 11 is 0. The summed E-state index contributed by atoms with van der Waals surface area (Å²) in [6.07, 6.45) is 3.37. The van der Waals surface area contributed by atoms with Gasteiger partial charge in [0.2, 0.25) is 0 Å². The molecule has 1 atom stereocenters. The minimum atomic E-state index is -0.168. The maximum absolute atomic E-state index is 13.9. The molecular weight excluding hydrogens is 251 g/mol. The van der Waals surface area contributed by atoms with Crippen LogP contribution < -0.4 is 5.32 Å². The first-order valence-electron chi connectivity index (χ1n) is 7.03. The molecule has 0 amide bonds. The van der Waals surface area contributed by atoms with Gasteiger partial charge in [-0.05, 0) is 49.2 Å². The third kappa shape index (κ3) is 3.42. The van der Waals surface area contributed by atoms with Crippen LogP contribution in [0.1, 0.15) is 42.3 Å². The maximum atomic E-state index is 13.9. The van der Waals surface area contributed by atoms with Crippen molar-refractivity contribution in [3.05, 3.63) is 64.7 Å². The fourth-order valence-corrected chi connectivity index (χ4v) is 2.13. The molecule has 3 heteroatoms. The summed E-state index contributed by atoms with van der Waals surface area (Å²) < 4.78 is 13.9. The van der Waals surface area contributed by atoms with E-state index in [1.165, 1.54) is 5.56 Å². The Labute approximate surface area is 120 Å². The van der Waals surface area contributed by atoms with Crippen molar-refractivity contribution in [3.63, 3.8) is 0 Å². The zero-order valence-corrected chi connectivity index (χ0v) is 12.3. The number of hydrogen-bond donors (Lipinski definition) is 1. The Morgan fingerprint density at radius 3 is 2.65 bits per heavy atom. The molecule has 0 aliphatic rings. The highest BCUT2D eigenvalue weighted by Gasteiger charge is 2.09. The van der Waals surface area contributed by atoms with E-state index in [4.69, 9.17) is 0 Å². The topological polar surface area (TPSA) is 24.9 Å². The van der Waals surface area contributed by atoms with Gasteiger partial charge in [-0.3, -0.25) is 4.98 Å². The summed E-state index contributed by atoms with van der Waals surface area (Å²) in [6, 6.07) is 9.54. The number of nitrogens with one attached hydrogen (secondary N) is 1. The van der Waals surface area contributed by atoms with Gasteiger partial charge in [0.15, 0.2) is 0 Å². The molecule has 0 saturated carbocycles. The van der Waals surface area contributed by atoms with Crippen molar-refractivity contribution in [1.29, 1.82) is 0 Å². The fraction of sp³-hybridized carbons (Fsp3) is 0.353. The molecule has 1 aromatic heterocycles. The Hall–Kier alpha value is -1.74. The van der Waals surface area contributed by atoms with Crippen LogP contribution in [0.15, 0.2) is 36.5 Å². The standard InChI is InChI=1S/C17H21FN2/c1-4-13-5-7-16(20-11-13)10-15-9-14(12(2)19-3)6-8-17(15)18/h5-9,11-12,19H,4,10H2,1-3H3. The Morgan fingerprint density at radius 1 is 1.25 bits per heavy atom. The van der Waals surface area contributed by atoms with Crippen molar-refractivity contribution in [2.45, 2.75) is 32.7 Å². The third-order valence-electron chi connectivity index (χ3n) is 3.67. The second kappa shape index (κ2) is 6.62. The fourth-order valence-electron chi connectivity index (χ4n) is 2.13. The van der Waals surface area contributed by atoms with Gasteiger partial charge in [-0.25, -0.2) is 4.39 Å². The lowest BCUT2D eigenvalue weighted by atomic mass is 10.0. The largest absolute Gasteiger partial charge is 0.313 e. The van der Waals surface area contributed by atoms with Gasteiger partial charge >= 0.3 is 0 Å². The normalized spacial score (nSPS) is 12.4. The Balaban J connectivity index is 2.22. The van der Waals surface area contributed by atoms with Crippen LogP contribution in [-0.4, -0.2) is 12.0 Å². The monoisotopic (exact) mass is 272 g/mol. The van der Waals surface area contributed by atoms with Crippen LogP contribution in [0.3, 0.4) is 0 Å². The molecule has 1 unspecified atom stereocenters. The highest BCUT2D eigenvalue weighted by atomic mass is 19.1. The van der Waals surface area contributed by atoms with Crippen LogP contribution in [0.4, 0.5) is 4.39 Å². The molecule has 1 aromatic carbocycles. The summed E-state index contributed by atoms with van der Waals surface area (Å²) in [4.78, 5) is 4.40. The van der Waals surface area contributed by atoms with Crippen molar-refractivity contribution in [1.82, 2.24) is 10.3 Å². The molecule has 0 aliphatic heterocycles. The average molecular weight is 272 g/mol. The van der Waals surface area contributed by atoms with Gasteiger partial charge in [0.1, 0.15) is 5.82 Å². The number of nitrogens with zero attached hydrogens (tertiary/aromatic N) is 1. The van der Waals surface area contributed by atoms with Crippen molar-refractivity contribution in [2.75, 3.05) is 7.05 Å². The maximum Gasteiger partial charge on any atom is 0.126 e. The molecule has 0 radical (unpaired) electrons. The molecule has 0 aliphatic carbocycles. The second-order valence-corrected chi connectivity index (χ2v) is 5.05. The van der Waals surface area contributed by atoms with Crippen molar-refractivity contribution in [3.8, 4) is 0 Å². The SMILES string of the molecule is CCc1ccc(Cc2cc(C(C)NC)ccc2F)nc1. The number of benzene rings is 1. The number of aromatic nitrogens is 1. The highest BCUT2D eigenvalue weighted by Crippen LogP contribution is 2.19. The predicted molar refractivity (Wildman–Crippen MR) is 80.3 cm³/mol. The number of aryl methyl sites for hydroxylation is 1. The zero-order chi connectivity index (χ0) is 14.5. The van der Waals surface area contributed by atoms with E-state index in [1.807, 2.05) is 31.4 Å². The molecule has 0 saturated heterocycles. The molecule has 2 rings (SSSR count). The summed E-state index contributed by atoms with van der Waals surface area (Å²) in [5.41, 5.74) is 3.89. The van der Waals surface area contributed by atoms with Gasteiger partial charge in [0.05, 0.1) is 0 Å². The average Bonchev–Trinajstić information content (AvgIpc) is 2.49. The molecular formula is C17H21FN2. The van der Waals surface area contributed by atoms with E-state index in [1.54, 1.807) is 6.07 Å². The lowest BCUT2D eigenvalue weighted by Gasteiger charge is -2.13. The van der Waals surface area contributed by atoms with Crippen molar-refractivity contribution < 1.29 is 4.39 Å². The van der Waals surface area contributed by atoms with E-state index in [0.29, 0.717) is 12.0 Å². The molecule has 106 valence electrons. The minimum absolute atomic E-state index is 0.168. The Kier molecular flexibility index (Phi) is 4.85. The number of hydrogen-bond acceptors (Lipinski definition) is 2. The minimum Gasteiger partial charge on any atom is -0.313 e. The lowest BCUT2D eigenvalue weighted by molar-refractivity contribution is 0.605. The molecule has 0 bridgehead atoms. The molecule has 1 heterocycles. The Morgan fingerprint density at radius 2 is 2.05 bits per heavy atom. The molecule has 2 aromatic rings. The third-order valence-corrected chi connectivity index (χ3v) is 3.67. The van der Waals surface area contributed by atoms with Gasteiger partial charge in [-0.1, -0.05) is 25.1 Å². The molecule has 1 N–H and O–H groups in total. The number of rotatable bonds is 5. The van der Waals surface area contributed by atoms with E-state index >= 15 is 0 Å². The van der Waals surface area contributed by atoms with Gasteiger partial charge in [-0.2, -0.15) is 0 Å². The van der Waals surface area contributed by atoms with Gasteiger partial charge in [0, 0.05) is 24.4 Å². The van der Waals surface area contributed by atoms with Gasteiger partial charge in [-0.15, -0.1) is 0 Å². The van der Waals surface area contributed by atoms with Crippen LogP contribution >= 0.6 is 0 Å². The first kappa shape index (κ1) is 14.7. The summed E-state index contributed by atoms with van der Waals surface area (Å²) in [5, 5.41) is 3.17. The van der Waals surface area contributed by atoms with E-state index in [-0.39, 0.29) is 11.9 Å². The van der Waals surface area contributed by atoms with Crippen LogP contribution in [0, 0.1) is 5.82 Å². The smallest absolute Gasteiger partial charge is 0.126 e. The zero-order valence-electron chi connectivity index (χ0n) is 12.3. The summed E-state index contributed by atoms with van der Waals surface area (Å²) in [6.45, 7) is 4.16. The lowest BCUT2D eigenvalue weighted by Crippen LogP contribution is -2.12. The van der Waals surface area contributed by atoms with E-state index < -0.39 is 0 Å². The van der Waals surface area contributed by atoms with E-state index in [2.05, 4.69) is 30.2 Å². The Bertz CT molecular complexity index is 564. The quantitative estimate of drug-likeness (QED) is 0.898. The van der Waals surface area contributed by atoms with Crippen LogP contribution in [0.25, 0.3) is 0 Å². The van der Waals surface area contributed by atoms with Gasteiger partial charge < -0.3 is 5.32 Å². The molecule has 0 spiro atoms. The predicted octanol–water partition coefficient (Wildman–Crippen LogP) is 3.65. The molecule has 2 nitrogen and oxygen atoms in total. The van der Waals surface area contributed by atoms with Crippen LogP contribution in [0.5, 0.6) is 0 Å². The van der Waals surface area contributed by atoms with E-state index in [9.17, 15) is 4.39 Å². The van der Waals surface area contributed by atoms with Crippen LogP contribution in [-0.2, 0) is 12.8 Å². The summed E-state index contributed by atoms with van der Waals surface area (Å²) in [5.74, 6) is -0.168. The van der Waals surface area contributed by atoms with Crippen molar-refractivity contribution >= 4 is 0 Å². The molecule has 20 heavy (non-hydrogen) atoms. The van der Waals surface area contributed by atoms with Crippen LogP contribution in [0.2, 0.25) is 0 Å². The first-order chi connectivity index (χ1) is 9.63. The van der Waals surface area contributed by atoms with E-state index in [0.717, 1.165) is 17.7 Å². The van der Waals surface area contributed by atoms with Crippen molar-refractivity contribution in [2.24, 2.45) is 0 Å². The molecule has 0 fully saturated rings. The summed E-state index contributed by atoms with van der Waals surface area (Å²) in [7, 11) is 1.90. The van der Waals surface area contributed by atoms with Gasteiger partial charge in [0.25, 0.3) is 0 Å².